The zero-order valence-electron chi connectivity index (χ0n) is 12.8. The quantitative estimate of drug-likeness (QED) is 0.924. The first kappa shape index (κ1) is 15.6. The fourth-order valence-corrected chi connectivity index (χ4v) is 3.41. The van der Waals surface area contributed by atoms with E-state index in [0.717, 1.165) is 24.1 Å². The highest BCUT2D eigenvalue weighted by atomic mass is 32.2. The highest BCUT2D eigenvalue weighted by molar-refractivity contribution is 7.92. The third kappa shape index (κ3) is 3.26. The van der Waals surface area contributed by atoms with Crippen LogP contribution >= 0.6 is 0 Å². The number of nitrogens with one attached hydrogen (secondary N) is 1. The molecule has 114 valence electrons. The van der Waals surface area contributed by atoms with E-state index < -0.39 is 10.0 Å². The Kier molecular flexibility index (Phi) is 4.37. The molecule has 0 atom stereocenters. The van der Waals surface area contributed by atoms with Crippen molar-refractivity contribution in [3.8, 4) is 0 Å². The number of rotatable bonds is 5. The van der Waals surface area contributed by atoms with Crippen LogP contribution in [0.5, 0.6) is 0 Å². The molecule has 0 saturated carbocycles. The molecule has 2 rings (SSSR count). The summed E-state index contributed by atoms with van der Waals surface area (Å²) in [5, 5.41) is 4.22. The van der Waals surface area contributed by atoms with Gasteiger partial charge in [-0.25, -0.2) is 8.42 Å². The van der Waals surface area contributed by atoms with Crippen LogP contribution in [0.2, 0.25) is 0 Å². The van der Waals surface area contributed by atoms with Crippen molar-refractivity contribution in [3.63, 3.8) is 0 Å². The van der Waals surface area contributed by atoms with Gasteiger partial charge in [-0.05, 0) is 38.0 Å². The Morgan fingerprint density at radius 1 is 1.19 bits per heavy atom. The van der Waals surface area contributed by atoms with Crippen LogP contribution in [0.3, 0.4) is 0 Å². The van der Waals surface area contributed by atoms with Gasteiger partial charge in [-0.3, -0.25) is 9.40 Å². The normalized spacial score (nSPS) is 11.6. The van der Waals surface area contributed by atoms with Gasteiger partial charge in [-0.15, -0.1) is 0 Å². The Balaban J connectivity index is 2.29. The lowest BCUT2D eigenvalue weighted by molar-refractivity contribution is 0.601. The van der Waals surface area contributed by atoms with Gasteiger partial charge in [0, 0.05) is 7.05 Å². The van der Waals surface area contributed by atoms with E-state index >= 15 is 0 Å². The first-order valence-electron chi connectivity index (χ1n) is 6.97. The van der Waals surface area contributed by atoms with E-state index in [1.807, 2.05) is 19.1 Å². The smallest absolute Gasteiger partial charge is 0.262 e. The molecule has 0 saturated heterocycles. The molecule has 0 aliphatic rings. The van der Waals surface area contributed by atoms with Gasteiger partial charge >= 0.3 is 0 Å². The topological polar surface area (TPSA) is 64.0 Å². The first-order valence-corrected chi connectivity index (χ1v) is 8.45. The average molecular weight is 307 g/mol. The maximum absolute atomic E-state index is 12.4. The minimum atomic E-state index is -3.58. The van der Waals surface area contributed by atoms with Gasteiger partial charge in [0.1, 0.15) is 0 Å². The number of hydrogen-bond acceptors (Lipinski definition) is 3. The lowest BCUT2D eigenvalue weighted by Gasteiger charge is -2.09. The van der Waals surface area contributed by atoms with Crippen molar-refractivity contribution in [2.75, 3.05) is 4.72 Å². The van der Waals surface area contributed by atoms with Crippen LogP contribution in [0.4, 0.5) is 5.69 Å². The molecule has 0 fully saturated rings. The van der Waals surface area contributed by atoms with Crippen molar-refractivity contribution in [2.45, 2.75) is 38.5 Å². The summed E-state index contributed by atoms with van der Waals surface area (Å²) in [6.07, 6.45) is 1.99. The Hall–Kier alpha value is -1.82. The molecule has 0 bridgehead atoms. The molecule has 1 N–H and O–H groups in total. The molecule has 1 aromatic heterocycles. The summed E-state index contributed by atoms with van der Waals surface area (Å²) in [6, 6.07) is 7.02. The molecule has 5 nitrogen and oxygen atoms in total. The lowest BCUT2D eigenvalue weighted by Crippen LogP contribution is -2.14. The van der Waals surface area contributed by atoms with Crippen molar-refractivity contribution < 1.29 is 8.42 Å². The number of anilines is 1. The predicted octanol–water partition coefficient (Wildman–Crippen LogP) is 2.79. The number of sulfonamides is 1. The van der Waals surface area contributed by atoms with Crippen LogP contribution in [-0.2, 0) is 23.5 Å². The monoisotopic (exact) mass is 307 g/mol. The third-order valence-corrected chi connectivity index (χ3v) is 4.88. The number of hydrogen-bond donors (Lipinski definition) is 1. The van der Waals surface area contributed by atoms with E-state index in [9.17, 15) is 8.42 Å². The molecule has 0 aliphatic heterocycles. The zero-order chi connectivity index (χ0) is 15.6. The molecule has 1 heterocycles. The van der Waals surface area contributed by atoms with Crippen LogP contribution in [0.1, 0.15) is 30.3 Å². The highest BCUT2D eigenvalue weighted by Crippen LogP contribution is 2.23. The van der Waals surface area contributed by atoms with Crippen LogP contribution in [0.25, 0.3) is 0 Å². The standard InChI is InChI=1S/C15H21N3O2S/c1-5-6-13-7-9-14(10-8-13)21(19,20)17-15-11(2)16-18(4)12(15)3/h7-10,17H,5-6H2,1-4H3. The van der Waals surface area contributed by atoms with Gasteiger partial charge in [0.25, 0.3) is 10.0 Å². The Bertz CT molecular complexity index is 731. The molecule has 0 unspecified atom stereocenters. The Morgan fingerprint density at radius 3 is 2.29 bits per heavy atom. The summed E-state index contributed by atoms with van der Waals surface area (Å²) in [7, 11) is -1.79. The van der Waals surface area contributed by atoms with Crippen LogP contribution < -0.4 is 4.72 Å². The fourth-order valence-electron chi connectivity index (χ4n) is 2.24. The summed E-state index contributed by atoms with van der Waals surface area (Å²) >= 11 is 0. The number of nitrogens with zero attached hydrogens (tertiary/aromatic N) is 2. The van der Waals surface area contributed by atoms with Gasteiger partial charge in [0.2, 0.25) is 0 Å². The molecular formula is C15H21N3O2S. The fraction of sp³-hybridized carbons (Fsp3) is 0.400. The molecule has 0 radical (unpaired) electrons. The van der Waals surface area contributed by atoms with E-state index in [1.165, 1.54) is 0 Å². The van der Waals surface area contributed by atoms with E-state index in [0.29, 0.717) is 11.4 Å². The number of aromatic nitrogens is 2. The lowest BCUT2D eigenvalue weighted by atomic mass is 10.1. The van der Waals surface area contributed by atoms with E-state index in [2.05, 4.69) is 16.7 Å². The average Bonchev–Trinajstić information content (AvgIpc) is 2.66. The predicted molar refractivity (Wildman–Crippen MR) is 83.9 cm³/mol. The van der Waals surface area contributed by atoms with E-state index in [-0.39, 0.29) is 4.90 Å². The summed E-state index contributed by atoms with van der Waals surface area (Å²) in [5.74, 6) is 0. The molecule has 6 heteroatoms. The molecule has 0 amide bonds. The van der Waals surface area contributed by atoms with Gasteiger partial charge in [0.05, 0.1) is 22.0 Å². The molecule has 2 aromatic rings. The number of aryl methyl sites for hydroxylation is 3. The van der Waals surface area contributed by atoms with Crippen molar-refractivity contribution in [2.24, 2.45) is 7.05 Å². The summed E-state index contributed by atoms with van der Waals surface area (Å²) in [6.45, 7) is 5.72. The second kappa shape index (κ2) is 5.89. The highest BCUT2D eigenvalue weighted by Gasteiger charge is 2.19. The van der Waals surface area contributed by atoms with Crippen LogP contribution in [-0.4, -0.2) is 18.2 Å². The van der Waals surface area contributed by atoms with Crippen molar-refractivity contribution in [1.82, 2.24) is 9.78 Å². The third-order valence-electron chi connectivity index (χ3n) is 3.52. The van der Waals surface area contributed by atoms with Crippen molar-refractivity contribution >= 4 is 15.7 Å². The maximum Gasteiger partial charge on any atom is 0.262 e. The maximum atomic E-state index is 12.4. The second-order valence-electron chi connectivity index (χ2n) is 5.17. The van der Waals surface area contributed by atoms with Crippen LogP contribution in [0.15, 0.2) is 29.2 Å². The van der Waals surface area contributed by atoms with E-state index in [1.54, 1.807) is 30.8 Å². The molecular weight excluding hydrogens is 286 g/mol. The summed E-state index contributed by atoms with van der Waals surface area (Å²) in [4.78, 5) is 0.269. The van der Waals surface area contributed by atoms with Crippen molar-refractivity contribution in [3.05, 3.63) is 41.2 Å². The van der Waals surface area contributed by atoms with Gasteiger partial charge in [-0.2, -0.15) is 5.10 Å². The van der Waals surface area contributed by atoms with Gasteiger partial charge in [-0.1, -0.05) is 25.5 Å². The molecule has 0 spiro atoms. The largest absolute Gasteiger partial charge is 0.276 e. The molecule has 21 heavy (non-hydrogen) atoms. The van der Waals surface area contributed by atoms with Gasteiger partial charge < -0.3 is 0 Å². The van der Waals surface area contributed by atoms with Crippen LogP contribution in [0, 0.1) is 13.8 Å². The minimum absolute atomic E-state index is 0.269. The second-order valence-corrected chi connectivity index (χ2v) is 6.85. The number of benzene rings is 1. The minimum Gasteiger partial charge on any atom is -0.276 e. The Labute approximate surface area is 126 Å². The summed E-state index contributed by atoms with van der Waals surface area (Å²) in [5.41, 5.74) is 3.15. The Morgan fingerprint density at radius 2 is 1.81 bits per heavy atom. The molecule has 0 aliphatic carbocycles. The zero-order valence-corrected chi connectivity index (χ0v) is 13.7. The van der Waals surface area contributed by atoms with Crippen molar-refractivity contribution in [1.29, 1.82) is 0 Å². The summed E-state index contributed by atoms with van der Waals surface area (Å²) < 4.78 is 29.2. The van der Waals surface area contributed by atoms with E-state index in [4.69, 9.17) is 0 Å². The van der Waals surface area contributed by atoms with Gasteiger partial charge in [0.15, 0.2) is 0 Å². The SMILES string of the molecule is CCCc1ccc(S(=O)(=O)Nc2c(C)nn(C)c2C)cc1. The first-order chi connectivity index (χ1) is 9.85. The molecule has 1 aromatic carbocycles.